The molecular formula is C19H17N3O4. The summed E-state index contributed by atoms with van der Waals surface area (Å²) >= 11 is 0. The fourth-order valence-electron chi connectivity index (χ4n) is 2.65. The molecule has 0 bridgehead atoms. The van der Waals surface area contributed by atoms with E-state index in [-0.39, 0.29) is 22.6 Å². The third-order valence-electron chi connectivity index (χ3n) is 4.12. The van der Waals surface area contributed by atoms with Crippen LogP contribution >= 0.6 is 0 Å². The second kappa shape index (κ2) is 6.72. The number of hydrogen-bond acceptors (Lipinski definition) is 4. The monoisotopic (exact) mass is 351 g/mol. The molecule has 0 spiro atoms. The van der Waals surface area contributed by atoms with Crippen molar-refractivity contribution in [3.05, 3.63) is 75.7 Å². The van der Waals surface area contributed by atoms with E-state index in [1.165, 1.54) is 29.1 Å². The third-order valence-corrected chi connectivity index (χ3v) is 4.12. The molecule has 0 saturated heterocycles. The average Bonchev–Trinajstić information content (AvgIpc) is 2.84. The predicted molar refractivity (Wildman–Crippen MR) is 98.1 cm³/mol. The van der Waals surface area contributed by atoms with E-state index in [2.05, 4.69) is 4.99 Å². The molecule has 0 aliphatic heterocycles. The molecule has 0 amide bonds. The summed E-state index contributed by atoms with van der Waals surface area (Å²) in [5, 5.41) is 18.6. The molecule has 132 valence electrons. The zero-order valence-corrected chi connectivity index (χ0v) is 14.2. The maximum Gasteiger partial charge on any atom is 0.339 e. The molecule has 2 N–H and O–H groups in total. The van der Waals surface area contributed by atoms with Crippen molar-refractivity contribution in [2.24, 2.45) is 12.0 Å². The molecule has 0 aliphatic rings. The van der Waals surface area contributed by atoms with Crippen LogP contribution in [0, 0.1) is 6.92 Å². The fraction of sp³-hybridized carbons (Fsp3) is 0.105. The molecule has 26 heavy (non-hydrogen) atoms. The minimum Gasteiger partial charge on any atom is -0.507 e. The minimum atomic E-state index is -1.24. The average molecular weight is 351 g/mol. The largest absolute Gasteiger partial charge is 0.507 e. The van der Waals surface area contributed by atoms with Crippen LogP contribution in [0.4, 0.5) is 5.69 Å². The Labute approximate surface area is 149 Å². The van der Waals surface area contributed by atoms with Crippen LogP contribution in [0.3, 0.4) is 0 Å². The first-order valence-corrected chi connectivity index (χ1v) is 7.84. The summed E-state index contributed by atoms with van der Waals surface area (Å²) in [6.07, 6.45) is 1.41. The number of phenols is 1. The standard InChI is InChI=1S/C19H17N3O4/c1-12-17(18(24)22(21(12)2)14-6-4-3-5-7-14)20-11-13-8-9-16(23)15(10-13)19(25)26/h3-11,23H,1-2H3,(H,25,26). The van der Waals surface area contributed by atoms with Crippen molar-refractivity contribution in [2.45, 2.75) is 6.92 Å². The van der Waals surface area contributed by atoms with E-state index in [1.54, 1.807) is 18.7 Å². The Balaban J connectivity index is 2.04. The summed E-state index contributed by atoms with van der Waals surface area (Å²) in [5.41, 5.74) is 1.63. The first-order chi connectivity index (χ1) is 12.4. The molecule has 2 aromatic carbocycles. The quantitative estimate of drug-likeness (QED) is 0.706. The van der Waals surface area contributed by atoms with Gasteiger partial charge < -0.3 is 10.2 Å². The lowest BCUT2D eigenvalue weighted by Gasteiger charge is -2.07. The number of carboxylic acid groups (broad SMARTS) is 1. The van der Waals surface area contributed by atoms with Crippen LogP contribution in [0.5, 0.6) is 5.75 Å². The van der Waals surface area contributed by atoms with Crippen LogP contribution in [0.15, 0.2) is 58.3 Å². The Bertz CT molecular complexity index is 1060. The molecule has 0 saturated carbocycles. The fourth-order valence-corrected chi connectivity index (χ4v) is 2.65. The van der Waals surface area contributed by atoms with Gasteiger partial charge in [0, 0.05) is 13.3 Å². The van der Waals surface area contributed by atoms with Gasteiger partial charge in [0.25, 0.3) is 5.56 Å². The number of rotatable bonds is 4. The number of carbonyl (C=O) groups is 1. The maximum atomic E-state index is 12.8. The predicted octanol–water partition coefficient (Wildman–Crippen LogP) is 2.64. The number of benzene rings is 2. The molecule has 0 fully saturated rings. The molecule has 3 aromatic rings. The SMILES string of the molecule is Cc1c(N=Cc2ccc(O)c(C(=O)O)c2)c(=O)n(-c2ccccc2)n1C. The highest BCUT2D eigenvalue weighted by molar-refractivity contribution is 5.94. The maximum absolute atomic E-state index is 12.8. The summed E-state index contributed by atoms with van der Waals surface area (Å²) in [4.78, 5) is 28.1. The van der Waals surface area contributed by atoms with Gasteiger partial charge in [0.15, 0.2) is 5.69 Å². The molecule has 1 heterocycles. The Morgan fingerprint density at radius 2 is 1.85 bits per heavy atom. The lowest BCUT2D eigenvalue weighted by atomic mass is 10.1. The van der Waals surface area contributed by atoms with Gasteiger partial charge in [-0.3, -0.25) is 9.48 Å². The summed E-state index contributed by atoms with van der Waals surface area (Å²) in [5.74, 6) is -1.56. The van der Waals surface area contributed by atoms with Crippen molar-refractivity contribution in [1.29, 1.82) is 0 Å². The Morgan fingerprint density at radius 3 is 2.50 bits per heavy atom. The number of aromatic hydroxyl groups is 1. The van der Waals surface area contributed by atoms with Crippen LogP contribution in [0.25, 0.3) is 5.69 Å². The van der Waals surface area contributed by atoms with Gasteiger partial charge in [0.2, 0.25) is 0 Å². The third kappa shape index (κ3) is 3.02. The lowest BCUT2D eigenvalue weighted by Crippen LogP contribution is -2.19. The number of carboxylic acids is 1. The molecule has 0 atom stereocenters. The number of aliphatic imine (C=N–C) groups is 1. The number of hydrogen-bond donors (Lipinski definition) is 2. The zero-order chi connectivity index (χ0) is 18.8. The molecule has 1 aromatic heterocycles. The van der Waals surface area contributed by atoms with E-state index in [0.717, 1.165) is 5.69 Å². The van der Waals surface area contributed by atoms with Crippen LogP contribution in [-0.4, -0.2) is 31.8 Å². The molecule has 3 rings (SSSR count). The van der Waals surface area contributed by atoms with E-state index in [4.69, 9.17) is 5.11 Å². The molecular weight excluding hydrogens is 334 g/mol. The molecule has 0 radical (unpaired) electrons. The van der Waals surface area contributed by atoms with E-state index >= 15 is 0 Å². The van der Waals surface area contributed by atoms with E-state index in [0.29, 0.717) is 11.3 Å². The Hall–Kier alpha value is -3.61. The van der Waals surface area contributed by atoms with Crippen molar-refractivity contribution in [3.8, 4) is 11.4 Å². The second-order valence-corrected chi connectivity index (χ2v) is 5.75. The normalized spacial score (nSPS) is 11.2. The van der Waals surface area contributed by atoms with Crippen molar-refractivity contribution in [1.82, 2.24) is 9.36 Å². The molecule has 0 aliphatic carbocycles. The van der Waals surface area contributed by atoms with E-state index < -0.39 is 5.97 Å². The first-order valence-electron chi connectivity index (χ1n) is 7.84. The van der Waals surface area contributed by atoms with Gasteiger partial charge >= 0.3 is 5.97 Å². The Morgan fingerprint density at radius 1 is 1.15 bits per heavy atom. The first kappa shape index (κ1) is 17.2. The number of nitrogens with zero attached hydrogens (tertiary/aromatic N) is 3. The van der Waals surface area contributed by atoms with Gasteiger partial charge in [-0.15, -0.1) is 0 Å². The zero-order valence-electron chi connectivity index (χ0n) is 14.2. The van der Waals surface area contributed by atoms with Crippen LogP contribution < -0.4 is 5.56 Å². The van der Waals surface area contributed by atoms with Gasteiger partial charge in [0.1, 0.15) is 11.3 Å². The van der Waals surface area contributed by atoms with Crippen LogP contribution in [-0.2, 0) is 7.05 Å². The van der Waals surface area contributed by atoms with Crippen LogP contribution in [0.1, 0.15) is 21.6 Å². The van der Waals surface area contributed by atoms with Crippen molar-refractivity contribution >= 4 is 17.9 Å². The molecule has 7 nitrogen and oxygen atoms in total. The van der Waals surface area contributed by atoms with Crippen molar-refractivity contribution < 1.29 is 15.0 Å². The van der Waals surface area contributed by atoms with Gasteiger partial charge in [0.05, 0.1) is 11.4 Å². The topological polar surface area (TPSA) is 96.8 Å². The van der Waals surface area contributed by atoms with Crippen molar-refractivity contribution in [2.75, 3.05) is 0 Å². The van der Waals surface area contributed by atoms with Crippen molar-refractivity contribution in [3.63, 3.8) is 0 Å². The van der Waals surface area contributed by atoms with Gasteiger partial charge in [-0.1, -0.05) is 18.2 Å². The highest BCUT2D eigenvalue weighted by atomic mass is 16.4. The number of aromatic carboxylic acids is 1. The van der Waals surface area contributed by atoms with Crippen LogP contribution in [0.2, 0.25) is 0 Å². The number of para-hydroxylation sites is 1. The van der Waals surface area contributed by atoms with E-state index in [9.17, 15) is 14.7 Å². The molecule has 7 heteroatoms. The van der Waals surface area contributed by atoms with Gasteiger partial charge in [-0.25, -0.2) is 14.5 Å². The minimum absolute atomic E-state index is 0.222. The highest BCUT2D eigenvalue weighted by Crippen LogP contribution is 2.19. The highest BCUT2D eigenvalue weighted by Gasteiger charge is 2.15. The summed E-state index contributed by atoms with van der Waals surface area (Å²) in [7, 11) is 1.77. The smallest absolute Gasteiger partial charge is 0.339 e. The van der Waals surface area contributed by atoms with Gasteiger partial charge in [-0.2, -0.15) is 0 Å². The second-order valence-electron chi connectivity index (χ2n) is 5.75. The summed E-state index contributed by atoms with van der Waals surface area (Å²) in [6, 6.07) is 13.3. The van der Waals surface area contributed by atoms with E-state index in [1.807, 2.05) is 30.3 Å². The Kier molecular flexibility index (Phi) is 4.45. The van der Waals surface area contributed by atoms with Gasteiger partial charge in [-0.05, 0) is 42.8 Å². The number of aromatic nitrogens is 2. The summed E-state index contributed by atoms with van der Waals surface area (Å²) in [6.45, 7) is 1.78. The summed E-state index contributed by atoms with van der Waals surface area (Å²) < 4.78 is 3.23. The molecule has 0 unspecified atom stereocenters. The lowest BCUT2D eigenvalue weighted by molar-refractivity contribution is 0.0693.